The first-order valence-electron chi connectivity index (χ1n) is 12.7. The lowest BCUT2D eigenvalue weighted by Crippen LogP contribution is -2.47. The summed E-state index contributed by atoms with van der Waals surface area (Å²) in [7, 11) is 0. The van der Waals surface area contributed by atoms with Crippen molar-refractivity contribution in [2.45, 2.75) is 116 Å². The van der Waals surface area contributed by atoms with Crippen LogP contribution in [0.15, 0.2) is 30.3 Å². The summed E-state index contributed by atoms with van der Waals surface area (Å²) < 4.78 is 5.68. The van der Waals surface area contributed by atoms with Crippen LogP contribution in [0.2, 0.25) is 0 Å². The van der Waals surface area contributed by atoms with Gasteiger partial charge < -0.3 is 15.2 Å². The minimum atomic E-state index is -0.586. The zero-order valence-corrected chi connectivity index (χ0v) is 20.3. The van der Waals surface area contributed by atoms with E-state index in [1.807, 2.05) is 6.07 Å². The van der Waals surface area contributed by atoms with Crippen LogP contribution in [0.25, 0.3) is 0 Å². The molecule has 0 saturated carbocycles. The molecule has 5 nitrogen and oxygen atoms in total. The van der Waals surface area contributed by atoms with Crippen LogP contribution in [0.1, 0.15) is 114 Å². The fraction of sp³-hybridized carbons (Fsp3) is 0.704. The van der Waals surface area contributed by atoms with E-state index in [2.05, 4.69) is 12.2 Å². The van der Waals surface area contributed by atoms with Gasteiger partial charge in [0.2, 0.25) is 5.91 Å². The van der Waals surface area contributed by atoms with Crippen molar-refractivity contribution in [2.24, 2.45) is 0 Å². The number of nitrogens with one attached hydrogen (secondary N) is 1. The molecule has 2 atom stereocenters. The Morgan fingerprint density at radius 2 is 1.34 bits per heavy atom. The number of amides is 1. The molecule has 0 aliphatic heterocycles. The summed E-state index contributed by atoms with van der Waals surface area (Å²) in [6.45, 7) is 3.40. The summed E-state index contributed by atoms with van der Waals surface area (Å²) in [6.07, 6.45) is 16.6. The van der Waals surface area contributed by atoms with Gasteiger partial charge in [0.1, 0.15) is 6.10 Å². The Morgan fingerprint density at radius 3 is 1.81 bits per heavy atom. The van der Waals surface area contributed by atoms with Crippen molar-refractivity contribution in [1.82, 2.24) is 5.32 Å². The van der Waals surface area contributed by atoms with Crippen LogP contribution in [0.3, 0.4) is 0 Å². The van der Waals surface area contributed by atoms with E-state index < -0.39 is 18.1 Å². The zero-order valence-electron chi connectivity index (χ0n) is 20.3. The number of hydrogen-bond donors (Lipinski definition) is 2. The molecule has 0 aliphatic rings. The maximum Gasteiger partial charge on any atom is 0.338 e. The highest BCUT2D eigenvalue weighted by atomic mass is 16.5. The summed E-state index contributed by atoms with van der Waals surface area (Å²) in [5.41, 5.74) is 0.474. The quantitative estimate of drug-likeness (QED) is 0.196. The van der Waals surface area contributed by atoms with Crippen molar-refractivity contribution in [1.29, 1.82) is 0 Å². The second-order valence-electron chi connectivity index (χ2n) is 8.83. The average molecular weight is 448 g/mol. The van der Waals surface area contributed by atoms with Crippen molar-refractivity contribution in [3.8, 4) is 0 Å². The van der Waals surface area contributed by atoms with Gasteiger partial charge in [-0.05, 0) is 25.0 Å². The third kappa shape index (κ3) is 13.5. The summed E-state index contributed by atoms with van der Waals surface area (Å²) in [5.74, 6) is -0.663. The maximum absolute atomic E-state index is 12.5. The number of carbonyl (C=O) groups excluding carboxylic acids is 2. The summed E-state index contributed by atoms with van der Waals surface area (Å²) in [6, 6.07) is 8.24. The first kappa shape index (κ1) is 28.2. The number of aliphatic hydroxyl groups excluding tert-OH is 1. The molecular weight excluding hydrogens is 402 g/mol. The van der Waals surface area contributed by atoms with E-state index in [-0.39, 0.29) is 12.5 Å². The van der Waals surface area contributed by atoms with E-state index in [1.54, 1.807) is 24.3 Å². The molecule has 0 spiro atoms. The number of ether oxygens (including phenoxy) is 1. The minimum absolute atomic E-state index is 0.241. The molecule has 1 aromatic carbocycles. The summed E-state index contributed by atoms with van der Waals surface area (Å²) in [5, 5.41) is 12.4. The van der Waals surface area contributed by atoms with Gasteiger partial charge in [-0.2, -0.15) is 0 Å². The molecule has 5 heteroatoms. The average Bonchev–Trinajstić information content (AvgIpc) is 2.80. The normalized spacial score (nSPS) is 12.8. The second kappa shape index (κ2) is 18.7. The predicted molar refractivity (Wildman–Crippen MR) is 131 cm³/mol. The van der Waals surface area contributed by atoms with Gasteiger partial charge >= 0.3 is 5.97 Å². The van der Waals surface area contributed by atoms with Crippen molar-refractivity contribution in [3.05, 3.63) is 35.9 Å². The third-order valence-electron chi connectivity index (χ3n) is 5.89. The molecule has 0 aromatic heterocycles. The highest BCUT2D eigenvalue weighted by Crippen LogP contribution is 2.17. The number of esters is 1. The summed E-state index contributed by atoms with van der Waals surface area (Å²) >= 11 is 0. The Balaban J connectivity index is 2.28. The van der Waals surface area contributed by atoms with Crippen LogP contribution in [0, 0.1) is 0 Å². The Morgan fingerprint density at radius 1 is 0.844 bits per heavy atom. The smallest absolute Gasteiger partial charge is 0.338 e. The number of aliphatic hydroxyl groups is 1. The molecule has 32 heavy (non-hydrogen) atoms. The van der Waals surface area contributed by atoms with Gasteiger partial charge in [0.05, 0.1) is 18.2 Å². The molecule has 0 radical (unpaired) electrons. The molecular formula is C27H45NO4. The highest BCUT2D eigenvalue weighted by Gasteiger charge is 2.25. The maximum atomic E-state index is 12.5. The first-order valence-corrected chi connectivity index (χ1v) is 12.7. The van der Waals surface area contributed by atoms with Gasteiger partial charge in [-0.15, -0.1) is 0 Å². The second-order valence-corrected chi connectivity index (χ2v) is 8.83. The molecule has 2 N–H and O–H groups in total. The van der Waals surface area contributed by atoms with Crippen molar-refractivity contribution < 1.29 is 19.4 Å². The Bertz CT molecular complexity index is 605. The van der Waals surface area contributed by atoms with Gasteiger partial charge in [-0.25, -0.2) is 4.79 Å². The number of rotatable bonds is 19. The van der Waals surface area contributed by atoms with Gasteiger partial charge in [0.15, 0.2) is 0 Å². The van der Waals surface area contributed by atoms with Crippen LogP contribution >= 0.6 is 0 Å². The largest absolute Gasteiger partial charge is 0.456 e. The zero-order chi connectivity index (χ0) is 23.4. The number of unbranched alkanes of at least 4 members (excludes halogenated alkanes) is 12. The van der Waals surface area contributed by atoms with E-state index in [9.17, 15) is 14.7 Å². The lowest BCUT2D eigenvalue weighted by Gasteiger charge is -2.26. The Kier molecular flexibility index (Phi) is 16.4. The van der Waals surface area contributed by atoms with Gasteiger partial charge in [-0.3, -0.25) is 4.79 Å². The number of hydrogen-bond acceptors (Lipinski definition) is 4. The van der Waals surface area contributed by atoms with Crippen molar-refractivity contribution in [3.63, 3.8) is 0 Å². The number of carbonyl (C=O) groups is 2. The van der Waals surface area contributed by atoms with Crippen LogP contribution in [0.5, 0.6) is 0 Å². The Labute approximate surface area is 195 Å². The molecule has 1 amide bonds. The molecule has 0 saturated heterocycles. The van der Waals surface area contributed by atoms with E-state index in [1.165, 1.54) is 77.6 Å². The van der Waals surface area contributed by atoms with Gasteiger partial charge in [-0.1, -0.05) is 102 Å². The van der Waals surface area contributed by atoms with Crippen LogP contribution < -0.4 is 5.32 Å². The third-order valence-corrected chi connectivity index (χ3v) is 5.89. The first-order chi connectivity index (χ1) is 15.6. The number of benzene rings is 1. The predicted octanol–water partition coefficient (Wildman–Crippen LogP) is 6.19. The van der Waals surface area contributed by atoms with Crippen LogP contribution in [0.4, 0.5) is 0 Å². The monoisotopic (exact) mass is 447 g/mol. The standard InChI is InChI=1S/C27H45NO4/c1-3-4-5-6-7-8-9-10-11-12-13-14-18-21-26(25(22-29)28-23(2)30)32-27(31)24-19-16-15-17-20-24/h15-17,19-20,25-26,29H,3-14,18,21-22H2,1-2H3,(H,28,30)/t25-,26+/m0/s1. The molecule has 182 valence electrons. The lowest BCUT2D eigenvalue weighted by molar-refractivity contribution is -0.121. The molecule has 1 aromatic rings. The SMILES string of the molecule is CCCCCCCCCCCCCCC[C@@H](OC(=O)c1ccccc1)[C@H](CO)NC(C)=O. The molecule has 0 aliphatic carbocycles. The Hall–Kier alpha value is -1.88. The molecule has 0 heterocycles. The summed E-state index contributed by atoms with van der Waals surface area (Å²) in [4.78, 5) is 24.0. The van der Waals surface area contributed by atoms with Gasteiger partial charge in [0, 0.05) is 6.92 Å². The van der Waals surface area contributed by atoms with E-state index in [0.29, 0.717) is 12.0 Å². The molecule has 0 bridgehead atoms. The molecule has 1 rings (SSSR count). The molecule has 0 fully saturated rings. The lowest BCUT2D eigenvalue weighted by atomic mass is 10.0. The van der Waals surface area contributed by atoms with E-state index >= 15 is 0 Å². The fourth-order valence-corrected chi connectivity index (χ4v) is 4.00. The minimum Gasteiger partial charge on any atom is -0.456 e. The van der Waals surface area contributed by atoms with Crippen molar-refractivity contribution >= 4 is 11.9 Å². The fourth-order valence-electron chi connectivity index (χ4n) is 4.00. The topological polar surface area (TPSA) is 75.6 Å². The highest BCUT2D eigenvalue weighted by molar-refractivity contribution is 5.89. The van der Waals surface area contributed by atoms with Gasteiger partial charge in [0.25, 0.3) is 0 Å². The van der Waals surface area contributed by atoms with Crippen LogP contribution in [-0.4, -0.2) is 35.7 Å². The van der Waals surface area contributed by atoms with E-state index in [0.717, 1.165) is 12.8 Å². The van der Waals surface area contributed by atoms with Crippen LogP contribution in [-0.2, 0) is 9.53 Å². The molecule has 0 unspecified atom stereocenters. The van der Waals surface area contributed by atoms with E-state index in [4.69, 9.17) is 4.74 Å². The van der Waals surface area contributed by atoms with Crippen molar-refractivity contribution in [2.75, 3.05) is 6.61 Å².